The molecule has 4 N–H and O–H groups in total. The number of thiazole rings is 1. The van der Waals surface area contributed by atoms with Crippen molar-refractivity contribution >= 4 is 44.0 Å². The fraction of sp³-hybridized carbons (Fsp3) is 0.154. The van der Waals surface area contributed by atoms with Crippen LogP contribution in [0.5, 0.6) is 0 Å². The summed E-state index contributed by atoms with van der Waals surface area (Å²) in [4.78, 5) is 12.8. The molecule has 7 nitrogen and oxygen atoms in total. The molecule has 3 aromatic rings. The second-order valence-electron chi connectivity index (χ2n) is 4.60. The van der Waals surface area contributed by atoms with E-state index >= 15 is 0 Å². The number of nitrogen functional groups attached to an aromatic ring is 1. The Morgan fingerprint density at radius 3 is 2.67 bits per heavy atom. The van der Waals surface area contributed by atoms with Gasteiger partial charge in [0.1, 0.15) is 12.0 Å². The third kappa shape index (κ3) is 2.86. The second kappa shape index (κ2) is 5.51. The highest BCUT2D eigenvalue weighted by atomic mass is 32.1. The van der Waals surface area contributed by atoms with E-state index in [0.29, 0.717) is 17.3 Å². The summed E-state index contributed by atoms with van der Waals surface area (Å²) < 4.78 is 1.11. The SMILES string of the molecule is CN(C)Nc1ncnc(Nc2nc3ccccc3s2)c1N. The Balaban J connectivity index is 1.90. The summed E-state index contributed by atoms with van der Waals surface area (Å²) >= 11 is 1.55. The number of rotatable bonds is 4. The van der Waals surface area contributed by atoms with Gasteiger partial charge in [0.05, 0.1) is 10.2 Å². The quantitative estimate of drug-likeness (QED) is 0.637. The number of nitrogens with one attached hydrogen (secondary N) is 2. The molecule has 0 saturated carbocycles. The van der Waals surface area contributed by atoms with Crippen LogP contribution in [0.4, 0.5) is 22.5 Å². The summed E-state index contributed by atoms with van der Waals surface area (Å²) in [6.45, 7) is 0. The number of nitrogens with zero attached hydrogens (tertiary/aromatic N) is 4. The second-order valence-corrected chi connectivity index (χ2v) is 5.63. The Kier molecular flexibility index (Phi) is 3.55. The number of hydrogen-bond acceptors (Lipinski definition) is 8. The predicted molar refractivity (Wildman–Crippen MR) is 86.7 cm³/mol. The molecule has 0 radical (unpaired) electrons. The highest BCUT2D eigenvalue weighted by Gasteiger charge is 2.11. The zero-order valence-corrected chi connectivity index (χ0v) is 12.5. The van der Waals surface area contributed by atoms with E-state index in [0.717, 1.165) is 15.3 Å². The average molecular weight is 301 g/mol. The third-order valence-electron chi connectivity index (χ3n) is 2.73. The minimum absolute atomic E-state index is 0.449. The van der Waals surface area contributed by atoms with Crippen molar-refractivity contribution in [2.45, 2.75) is 0 Å². The molecule has 21 heavy (non-hydrogen) atoms. The third-order valence-corrected chi connectivity index (χ3v) is 3.68. The van der Waals surface area contributed by atoms with Gasteiger partial charge in [0.25, 0.3) is 0 Å². The van der Waals surface area contributed by atoms with E-state index in [1.807, 2.05) is 38.4 Å². The minimum atomic E-state index is 0.449. The molecule has 0 saturated heterocycles. The number of nitrogens with two attached hydrogens (primary N) is 1. The Morgan fingerprint density at radius 2 is 1.90 bits per heavy atom. The standard InChI is InChI=1S/C13H15N7S/c1-20(2)19-12-10(14)11(15-7-16-12)18-13-17-8-5-3-4-6-9(8)21-13/h3-7H,14H2,1-2H3,(H2,15,16,17,18,19). The van der Waals surface area contributed by atoms with Crippen LogP contribution in [0.25, 0.3) is 10.2 Å². The monoisotopic (exact) mass is 301 g/mol. The lowest BCUT2D eigenvalue weighted by atomic mass is 10.3. The van der Waals surface area contributed by atoms with E-state index in [1.165, 1.54) is 6.33 Å². The van der Waals surface area contributed by atoms with Crippen molar-refractivity contribution in [2.24, 2.45) is 0 Å². The summed E-state index contributed by atoms with van der Waals surface area (Å²) in [6, 6.07) is 7.95. The first kappa shape index (κ1) is 13.5. The molecule has 108 valence electrons. The van der Waals surface area contributed by atoms with Crippen molar-refractivity contribution in [1.29, 1.82) is 0 Å². The summed E-state index contributed by atoms with van der Waals surface area (Å²) in [5.41, 5.74) is 10.5. The van der Waals surface area contributed by atoms with E-state index in [1.54, 1.807) is 16.3 Å². The Morgan fingerprint density at radius 1 is 1.14 bits per heavy atom. The number of hydrazine groups is 1. The van der Waals surface area contributed by atoms with Crippen LogP contribution in [-0.4, -0.2) is 34.1 Å². The van der Waals surface area contributed by atoms with Crippen molar-refractivity contribution in [2.75, 3.05) is 30.6 Å². The van der Waals surface area contributed by atoms with Crippen molar-refractivity contribution in [3.63, 3.8) is 0 Å². The van der Waals surface area contributed by atoms with Gasteiger partial charge in [0, 0.05) is 14.1 Å². The Bertz CT molecular complexity index is 735. The van der Waals surface area contributed by atoms with Gasteiger partial charge in [0.15, 0.2) is 16.8 Å². The number of fused-ring (bicyclic) bond motifs is 1. The molecule has 3 rings (SSSR count). The molecular formula is C13H15N7S. The molecule has 0 aliphatic heterocycles. The number of hydrogen-bond donors (Lipinski definition) is 3. The lowest BCUT2D eigenvalue weighted by Crippen LogP contribution is -2.21. The molecule has 2 heterocycles. The highest BCUT2D eigenvalue weighted by molar-refractivity contribution is 7.22. The molecular weight excluding hydrogens is 286 g/mol. The van der Waals surface area contributed by atoms with E-state index < -0.39 is 0 Å². The Hall–Kier alpha value is -2.45. The maximum atomic E-state index is 6.07. The van der Waals surface area contributed by atoms with Gasteiger partial charge in [-0.1, -0.05) is 23.5 Å². The van der Waals surface area contributed by atoms with Crippen LogP contribution >= 0.6 is 11.3 Å². The van der Waals surface area contributed by atoms with Gasteiger partial charge in [-0.2, -0.15) is 0 Å². The predicted octanol–water partition coefficient (Wildman–Crippen LogP) is 2.30. The topological polar surface area (TPSA) is 92.0 Å². The summed E-state index contributed by atoms with van der Waals surface area (Å²) in [5, 5.41) is 5.66. The summed E-state index contributed by atoms with van der Waals surface area (Å²) in [5.74, 6) is 1.09. The Labute approximate surface area is 125 Å². The number of anilines is 4. The van der Waals surface area contributed by atoms with Gasteiger partial charge in [0.2, 0.25) is 0 Å². The van der Waals surface area contributed by atoms with Crippen LogP contribution in [0.1, 0.15) is 0 Å². The van der Waals surface area contributed by atoms with Gasteiger partial charge >= 0.3 is 0 Å². The van der Waals surface area contributed by atoms with Gasteiger partial charge < -0.3 is 16.5 Å². The van der Waals surface area contributed by atoms with E-state index in [2.05, 4.69) is 25.7 Å². The first-order valence-electron chi connectivity index (χ1n) is 6.30. The van der Waals surface area contributed by atoms with E-state index in [9.17, 15) is 0 Å². The lowest BCUT2D eigenvalue weighted by Gasteiger charge is -2.15. The smallest absolute Gasteiger partial charge is 0.189 e. The zero-order chi connectivity index (χ0) is 14.8. The molecule has 0 aliphatic carbocycles. The largest absolute Gasteiger partial charge is 0.393 e. The van der Waals surface area contributed by atoms with Crippen molar-refractivity contribution in [1.82, 2.24) is 20.0 Å². The normalized spacial score (nSPS) is 11.0. The number of benzene rings is 1. The van der Waals surface area contributed by atoms with Gasteiger partial charge in [-0.05, 0) is 12.1 Å². The van der Waals surface area contributed by atoms with Gasteiger partial charge in [-0.3, -0.25) is 0 Å². The summed E-state index contributed by atoms with van der Waals surface area (Å²) in [6.07, 6.45) is 1.46. The van der Waals surface area contributed by atoms with Gasteiger partial charge in [-0.15, -0.1) is 0 Å². The minimum Gasteiger partial charge on any atom is -0.393 e. The first-order valence-corrected chi connectivity index (χ1v) is 7.12. The molecule has 0 amide bonds. The van der Waals surface area contributed by atoms with Crippen molar-refractivity contribution < 1.29 is 0 Å². The molecule has 2 aromatic heterocycles. The summed E-state index contributed by atoms with van der Waals surface area (Å²) in [7, 11) is 3.73. The zero-order valence-electron chi connectivity index (χ0n) is 11.7. The van der Waals surface area contributed by atoms with Crippen LogP contribution in [0.3, 0.4) is 0 Å². The maximum absolute atomic E-state index is 6.07. The molecule has 0 bridgehead atoms. The molecule has 0 atom stereocenters. The van der Waals surface area contributed by atoms with Gasteiger partial charge in [-0.25, -0.2) is 20.0 Å². The fourth-order valence-electron chi connectivity index (χ4n) is 1.82. The number of aromatic nitrogens is 3. The van der Waals surface area contributed by atoms with E-state index in [4.69, 9.17) is 5.73 Å². The van der Waals surface area contributed by atoms with Crippen LogP contribution in [0.15, 0.2) is 30.6 Å². The molecule has 0 spiro atoms. The molecule has 0 fully saturated rings. The number of para-hydroxylation sites is 1. The molecule has 0 aliphatic rings. The lowest BCUT2D eigenvalue weighted by molar-refractivity contribution is 0.492. The molecule has 8 heteroatoms. The van der Waals surface area contributed by atoms with E-state index in [-0.39, 0.29) is 0 Å². The van der Waals surface area contributed by atoms with Crippen LogP contribution in [0.2, 0.25) is 0 Å². The average Bonchev–Trinajstić information content (AvgIpc) is 2.85. The molecule has 1 aromatic carbocycles. The highest BCUT2D eigenvalue weighted by Crippen LogP contribution is 2.30. The van der Waals surface area contributed by atoms with Crippen LogP contribution in [-0.2, 0) is 0 Å². The van der Waals surface area contributed by atoms with Crippen LogP contribution in [0, 0.1) is 0 Å². The van der Waals surface area contributed by atoms with Crippen molar-refractivity contribution in [3.8, 4) is 0 Å². The maximum Gasteiger partial charge on any atom is 0.189 e. The molecule has 0 unspecified atom stereocenters. The fourth-order valence-corrected chi connectivity index (χ4v) is 2.69. The van der Waals surface area contributed by atoms with Crippen molar-refractivity contribution in [3.05, 3.63) is 30.6 Å². The first-order chi connectivity index (χ1) is 10.1. The van der Waals surface area contributed by atoms with Crippen LogP contribution < -0.4 is 16.5 Å².